The molecule has 0 saturated heterocycles. The second-order valence-corrected chi connectivity index (χ2v) is 4.02. The van der Waals surface area contributed by atoms with Gasteiger partial charge in [-0.05, 0) is 31.4 Å². The van der Waals surface area contributed by atoms with Crippen molar-refractivity contribution in [3.63, 3.8) is 0 Å². The van der Waals surface area contributed by atoms with Crippen molar-refractivity contribution < 1.29 is 8.78 Å². The number of nitrogens with one attached hydrogen (secondary N) is 1. The van der Waals surface area contributed by atoms with Crippen LogP contribution in [0.3, 0.4) is 0 Å². The Bertz CT molecular complexity index is 321. The summed E-state index contributed by atoms with van der Waals surface area (Å²) in [5.41, 5.74) is 1.11. The van der Waals surface area contributed by atoms with Gasteiger partial charge in [-0.3, -0.25) is 0 Å². The first kappa shape index (κ1) is 10.6. The Balaban J connectivity index is 1.86. The zero-order valence-electron chi connectivity index (χ0n) is 8.55. The molecule has 0 unspecified atom stereocenters. The molecule has 1 fully saturated rings. The van der Waals surface area contributed by atoms with Crippen molar-refractivity contribution in [3.05, 3.63) is 35.4 Å². The SMILES string of the molecule is FC(F)c1cccc(CCNC2CC2)c1. The molecule has 1 aliphatic rings. The number of halogens is 2. The zero-order valence-corrected chi connectivity index (χ0v) is 8.55. The molecule has 2 rings (SSSR count). The molecule has 0 spiro atoms. The summed E-state index contributed by atoms with van der Waals surface area (Å²) in [7, 11) is 0. The molecule has 1 aromatic carbocycles. The van der Waals surface area contributed by atoms with Crippen molar-refractivity contribution in [3.8, 4) is 0 Å². The molecule has 1 aromatic rings. The van der Waals surface area contributed by atoms with Crippen LogP contribution in [0, 0.1) is 0 Å². The van der Waals surface area contributed by atoms with Crippen molar-refractivity contribution in [1.82, 2.24) is 5.32 Å². The molecule has 82 valence electrons. The Hall–Kier alpha value is -0.960. The van der Waals surface area contributed by atoms with Gasteiger partial charge in [0.05, 0.1) is 0 Å². The lowest BCUT2D eigenvalue weighted by atomic mass is 10.1. The lowest BCUT2D eigenvalue weighted by molar-refractivity contribution is 0.151. The standard InChI is InChI=1S/C12H15F2N/c13-12(14)10-3-1-2-9(8-10)6-7-15-11-4-5-11/h1-3,8,11-12,15H,4-7H2. The van der Waals surface area contributed by atoms with E-state index in [-0.39, 0.29) is 5.56 Å². The van der Waals surface area contributed by atoms with E-state index in [2.05, 4.69) is 5.32 Å². The molecule has 1 nitrogen and oxygen atoms in total. The predicted molar refractivity (Wildman–Crippen MR) is 56.1 cm³/mol. The van der Waals surface area contributed by atoms with Crippen LogP contribution in [0.4, 0.5) is 8.78 Å². The minimum Gasteiger partial charge on any atom is -0.314 e. The fourth-order valence-electron chi connectivity index (χ4n) is 1.59. The molecule has 0 radical (unpaired) electrons. The third-order valence-corrected chi connectivity index (χ3v) is 2.63. The maximum atomic E-state index is 12.4. The number of benzene rings is 1. The van der Waals surface area contributed by atoms with Crippen molar-refractivity contribution in [2.75, 3.05) is 6.54 Å². The molecule has 0 heterocycles. The number of rotatable bonds is 5. The smallest absolute Gasteiger partial charge is 0.263 e. The maximum Gasteiger partial charge on any atom is 0.263 e. The number of alkyl halides is 2. The molecular formula is C12H15F2N. The molecule has 0 atom stereocenters. The van der Waals surface area contributed by atoms with Crippen LogP contribution in [-0.4, -0.2) is 12.6 Å². The molecule has 0 aromatic heterocycles. The van der Waals surface area contributed by atoms with E-state index in [1.54, 1.807) is 12.1 Å². The minimum absolute atomic E-state index is 0.124. The third-order valence-electron chi connectivity index (χ3n) is 2.63. The van der Waals surface area contributed by atoms with Crippen molar-refractivity contribution in [2.45, 2.75) is 31.7 Å². The highest BCUT2D eigenvalue weighted by atomic mass is 19.3. The van der Waals surface area contributed by atoms with E-state index < -0.39 is 6.43 Å². The lowest BCUT2D eigenvalue weighted by Gasteiger charge is -2.05. The van der Waals surface area contributed by atoms with Crippen LogP contribution in [0.15, 0.2) is 24.3 Å². The Morgan fingerprint density at radius 3 is 2.80 bits per heavy atom. The lowest BCUT2D eigenvalue weighted by Crippen LogP contribution is -2.19. The summed E-state index contributed by atoms with van der Waals surface area (Å²) in [4.78, 5) is 0. The van der Waals surface area contributed by atoms with Crippen LogP contribution in [0.1, 0.15) is 30.4 Å². The summed E-state index contributed by atoms with van der Waals surface area (Å²) in [6.45, 7) is 0.886. The summed E-state index contributed by atoms with van der Waals surface area (Å²) in [6, 6.07) is 7.36. The van der Waals surface area contributed by atoms with Gasteiger partial charge in [0.25, 0.3) is 6.43 Å². The van der Waals surface area contributed by atoms with Gasteiger partial charge in [-0.15, -0.1) is 0 Å². The van der Waals surface area contributed by atoms with E-state index in [1.165, 1.54) is 18.9 Å². The van der Waals surface area contributed by atoms with Gasteiger partial charge in [-0.1, -0.05) is 24.3 Å². The first-order valence-corrected chi connectivity index (χ1v) is 5.36. The van der Waals surface area contributed by atoms with Gasteiger partial charge in [0.15, 0.2) is 0 Å². The summed E-state index contributed by atoms with van der Waals surface area (Å²) in [5, 5.41) is 3.37. The first-order valence-electron chi connectivity index (χ1n) is 5.36. The summed E-state index contributed by atoms with van der Waals surface area (Å²) < 4.78 is 24.8. The topological polar surface area (TPSA) is 12.0 Å². The van der Waals surface area contributed by atoms with Crippen molar-refractivity contribution in [1.29, 1.82) is 0 Å². The Kier molecular flexibility index (Phi) is 3.31. The zero-order chi connectivity index (χ0) is 10.7. The van der Waals surface area contributed by atoms with Crippen LogP contribution in [-0.2, 0) is 6.42 Å². The van der Waals surface area contributed by atoms with Crippen LogP contribution < -0.4 is 5.32 Å². The summed E-state index contributed by atoms with van der Waals surface area (Å²) in [5.74, 6) is 0. The molecule has 1 aliphatic carbocycles. The van der Waals surface area contributed by atoms with Gasteiger partial charge in [0, 0.05) is 11.6 Å². The summed E-state index contributed by atoms with van der Waals surface area (Å²) >= 11 is 0. The van der Waals surface area contributed by atoms with Crippen molar-refractivity contribution in [2.24, 2.45) is 0 Å². The predicted octanol–water partition coefficient (Wildman–Crippen LogP) is 2.92. The minimum atomic E-state index is -2.36. The first-order chi connectivity index (χ1) is 7.25. The highest BCUT2D eigenvalue weighted by Crippen LogP contribution is 2.20. The van der Waals surface area contributed by atoms with E-state index >= 15 is 0 Å². The second-order valence-electron chi connectivity index (χ2n) is 4.02. The summed E-state index contributed by atoms with van der Waals surface area (Å²) in [6.07, 6.45) is 0.993. The number of hydrogen-bond acceptors (Lipinski definition) is 1. The van der Waals surface area contributed by atoms with Crippen LogP contribution in [0.5, 0.6) is 0 Å². The molecule has 1 saturated carbocycles. The van der Waals surface area contributed by atoms with Gasteiger partial charge >= 0.3 is 0 Å². The normalized spacial score (nSPS) is 15.9. The molecule has 0 amide bonds. The maximum absolute atomic E-state index is 12.4. The Labute approximate surface area is 88.5 Å². The molecule has 0 aliphatic heterocycles. The van der Waals surface area contributed by atoms with Gasteiger partial charge in [-0.25, -0.2) is 8.78 Å². The monoisotopic (exact) mass is 211 g/mol. The van der Waals surface area contributed by atoms with Crippen LogP contribution >= 0.6 is 0 Å². The van der Waals surface area contributed by atoms with E-state index in [4.69, 9.17) is 0 Å². The average molecular weight is 211 g/mol. The van der Waals surface area contributed by atoms with E-state index in [0.29, 0.717) is 6.04 Å². The third kappa shape index (κ3) is 3.27. The number of hydrogen-bond donors (Lipinski definition) is 1. The molecule has 1 N–H and O–H groups in total. The quantitative estimate of drug-likeness (QED) is 0.789. The fourth-order valence-corrected chi connectivity index (χ4v) is 1.59. The highest BCUT2D eigenvalue weighted by Gasteiger charge is 2.19. The fraction of sp³-hybridized carbons (Fsp3) is 0.500. The van der Waals surface area contributed by atoms with Gasteiger partial charge < -0.3 is 5.32 Å². The van der Waals surface area contributed by atoms with Gasteiger partial charge in [-0.2, -0.15) is 0 Å². The van der Waals surface area contributed by atoms with Crippen LogP contribution in [0.25, 0.3) is 0 Å². The molecule has 15 heavy (non-hydrogen) atoms. The van der Waals surface area contributed by atoms with Crippen LogP contribution in [0.2, 0.25) is 0 Å². The van der Waals surface area contributed by atoms with Crippen molar-refractivity contribution >= 4 is 0 Å². The molecule has 3 heteroatoms. The molecule has 0 bridgehead atoms. The Morgan fingerprint density at radius 1 is 1.33 bits per heavy atom. The highest BCUT2D eigenvalue weighted by molar-refractivity contribution is 5.24. The Morgan fingerprint density at radius 2 is 2.13 bits per heavy atom. The second kappa shape index (κ2) is 4.71. The van der Waals surface area contributed by atoms with E-state index in [9.17, 15) is 8.78 Å². The average Bonchev–Trinajstić information content (AvgIpc) is 3.02. The van der Waals surface area contributed by atoms with Gasteiger partial charge in [0.1, 0.15) is 0 Å². The van der Waals surface area contributed by atoms with E-state index in [1.807, 2.05) is 6.07 Å². The largest absolute Gasteiger partial charge is 0.314 e. The molecular weight excluding hydrogens is 196 g/mol. The van der Waals surface area contributed by atoms with E-state index in [0.717, 1.165) is 18.5 Å². The van der Waals surface area contributed by atoms with Gasteiger partial charge in [0.2, 0.25) is 0 Å².